The minimum Gasteiger partial charge on any atom is -0.317 e. The molecule has 0 fully saturated rings. The second-order valence-electron chi connectivity index (χ2n) is 3.09. The van der Waals surface area contributed by atoms with Crippen LogP contribution >= 0.6 is 18.2 Å². The largest absolute Gasteiger partial charge is 0.383 e. The maximum absolute atomic E-state index is 10.4. The van der Waals surface area contributed by atoms with E-state index in [2.05, 4.69) is 6.92 Å². The van der Waals surface area contributed by atoms with Crippen LogP contribution in [0.3, 0.4) is 0 Å². The van der Waals surface area contributed by atoms with Crippen molar-refractivity contribution < 1.29 is 14.4 Å². The van der Waals surface area contributed by atoms with Crippen LogP contribution in [0.4, 0.5) is 0 Å². The molecule has 0 bridgehead atoms. The molecule has 0 atom stereocenters. The predicted molar refractivity (Wildman–Crippen MR) is 57.9 cm³/mol. The van der Waals surface area contributed by atoms with Crippen molar-refractivity contribution in [1.29, 1.82) is 0 Å². The van der Waals surface area contributed by atoms with E-state index in [4.69, 9.17) is 9.79 Å². The van der Waals surface area contributed by atoms with Crippen LogP contribution in [0.5, 0.6) is 0 Å². The van der Waals surface area contributed by atoms with Crippen LogP contribution in [0.15, 0.2) is 0 Å². The fraction of sp³-hybridized carbons (Fsp3) is 1.00. The van der Waals surface area contributed by atoms with Crippen molar-refractivity contribution in [2.24, 2.45) is 0 Å². The van der Waals surface area contributed by atoms with E-state index in [1.807, 2.05) is 0 Å². The van der Waals surface area contributed by atoms with Gasteiger partial charge in [-0.25, -0.2) is 4.57 Å². The normalized spacial score (nSPS) is 11.9. The van der Waals surface area contributed by atoms with Gasteiger partial charge in [-0.1, -0.05) is 39.0 Å². The van der Waals surface area contributed by atoms with Gasteiger partial charge in [0.1, 0.15) is 0 Å². The number of rotatable bonds is 8. The third kappa shape index (κ3) is 12.5. The van der Waals surface area contributed by atoms with Crippen molar-refractivity contribution >= 4 is 18.2 Å². The Morgan fingerprint density at radius 3 is 2.15 bits per heavy atom. The fourth-order valence-corrected chi connectivity index (χ4v) is 2.74. The second-order valence-corrected chi connectivity index (χ2v) is 6.94. The van der Waals surface area contributed by atoms with Crippen LogP contribution in [-0.4, -0.2) is 15.5 Å². The van der Waals surface area contributed by atoms with E-state index < -0.39 is 6.80 Å². The molecule has 0 aromatic heterocycles. The average Bonchev–Trinajstić information content (AvgIpc) is 2.01. The summed E-state index contributed by atoms with van der Waals surface area (Å²) in [5, 5.41) is 0. The highest BCUT2D eigenvalue weighted by Gasteiger charge is 2.11. The van der Waals surface area contributed by atoms with Crippen LogP contribution in [-0.2, 0) is 4.57 Å². The summed E-state index contributed by atoms with van der Waals surface area (Å²) >= 11 is 0.764. The van der Waals surface area contributed by atoms with Crippen LogP contribution < -0.4 is 0 Å². The third-order valence-electron chi connectivity index (χ3n) is 1.76. The van der Waals surface area contributed by atoms with Gasteiger partial charge in [0, 0.05) is 5.75 Å². The van der Waals surface area contributed by atoms with Gasteiger partial charge < -0.3 is 9.79 Å². The molecule has 0 heterocycles. The SMILES string of the molecule is CCCCCCCCSP(=O)(O)O. The second kappa shape index (κ2) is 7.86. The third-order valence-corrected chi connectivity index (χ3v) is 4.12. The Morgan fingerprint density at radius 2 is 1.62 bits per heavy atom. The van der Waals surface area contributed by atoms with Gasteiger partial charge in [-0.2, -0.15) is 0 Å². The molecule has 0 aromatic carbocycles. The molecule has 0 aromatic rings. The van der Waals surface area contributed by atoms with Crippen molar-refractivity contribution in [2.45, 2.75) is 45.4 Å². The van der Waals surface area contributed by atoms with Crippen molar-refractivity contribution in [1.82, 2.24) is 0 Å². The van der Waals surface area contributed by atoms with Gasteiger partial charge in [0.2, 0.25) is 0 Å². The summed E-state index contributed by atoms with van der Waals surface area (Å²) in [4.78, 5) is 17.1. The van der Waals surface area contributed by atoms with Crippen molar-refractivity contribution in [3.63, 3.8) is 0 Å². The highest BCUT2D eigenvalue weighted by molar-refractivity contribution is 8.54. The standard InChI is InChI=1S/C8H19O3PS/c1-2-3-4-5-6-7-8-13-12(9,10)11/h2-8H2,1H3,(H2,9,10,11). The highest BCUT2D eigenvalue weighted by Crippen LogP contribution is 2.50. The molecular weight excluding hydrogens is 207 g/mol. The lowest BCUT2D eigenvalue weighted by Gasteiger charge is -2.02. The average molecular weight is 226 g/mol. The first-order chi connectivity index (χ1) is 6.06. The molecule has 3 nitrogen and oxygen atoms in total. The monoisotopic (exact) mass is 226 g/mol. The first kappa shape index (κ1) is 13.5. The maximum Gasteiger partial charge on any atom is 0.383 e. The Kier molecular flexibility index (Phi) is 8.17. The minimum atomic E-state index is -3.81. The maximum atomic E-state index is 10.4. The van der Waals surface area contributed by atoms with E-state index in [1.54, 1.807) is 0 Å². The van der Waals surface area contributed by atoms with Gasteiger partial charge >= 0.3 is 6.80 Å². The molecule has 2 N–H and O–H groups in total. The number of hydrogen-bond donors (Lipinski definition) is 2. The van der Waals surface area contributed by atoms with E-state index in [1.165, 1.54) is 25.7 Å². The topological polar surface area (TPSA) is 57.5 Å². The van der Waals surface area contributed by atoms with Gasteiger partial charge in [0.05, 0.1) is 0 Å². The van der Waals surface area contributed by atoms with Crippen LogP contribution in [0.1, 0.15) is 45.4 Å². The summed E-state index contributed by atoms with van der Waals surface area (Å²) in [6.07, 6.45) is 6.95. The molecule has 0 spiro atoms. The molecule has 0 aliphatic rings. The Morgan fingerprint density at radius 1 is 1.08 bits per heavy atom. The first-order valence-corrected chi connectivity index (χ1v) is 7.96. The molecule has 0 amide bonds. The van der Waals surface area contributed by atoms with Crippen molar-refractivity contribution in [2.75, 3.05) is 5.75 Å². The molecule has 0 rings (SSSR count). The van der Waals surface area contributed by atoms with Gasteiger partial charge in [0.15, 0.2) is 0 Å². The Hall–Kier alpha value is 0.500. The summed E-state index contributed by atoms with van der Waals surface area (Å²) in [5.74, 6) is 0.580. The van der Waals surface area contributed by atoms with E-state index in [9.17, 15) is 4.57 Å². The highest BCUT2D eigenvalue weighted by atomic mass is 32.7. The minimum absolute atomic E-state index is 0.580. The summed E-state index contributed by atoms with van der Waals surface area (Å²) in [6, 6.07) is 0. The molecule has 80 valence electrons. The molecule has 13 heavy (non-hydrogen) atoms. The number of unbranched alkanes of at least 4 members (excludes halogenated alkanes) is 5. The van der Waals surface area contributed by atoms with Gasteiger partial charge in [-0.3, -0.25) is 0 Å². The number of hydrogen-bond acceptors (Lipinski definition) is 2. The molecular formula is C8H19O3PS. The molecule has 0 radical (unpaired) electrons. The molecule has 0 saturated carbocycles. The summed E-state index contributed by atoms with van der Waals surface area (Å²) in [5.41, 5.74) is 0. The zero-order chi connectivity index (χ0) is 10.2. The first-order valence-electron chi connectivity index (χ1n) is 4.76. The molecule has 0 aliphatic carbocycles. The Bertz CT molecular complexity index is 157. The predicted octanol–water partition coefficient (Wildman–Crippen LogP) is 3.17. The summed E-state index contributed by atoms with van der Waals surface area (Å²) in [7, 11) is 0. The van der Waals surface area contributed by atoms with Gasteiger partial charge in [-0.15, -0.1) is 0 Å². The van der Waals surface area contributed by atoms with Crippen LogP contribution in [0.25, 0.3) is 0 Å². The van der Waals surface area contributed by atoms with E-state index in [0.29, 0.717) is 5.75 Å². The van der Waals surface area contributed by atoms with Crippen LogP contribution in [0, 0.1) is 0 Å². The molecule has 0 saturated heterocycles. The molecule has 0 unspecified atom stereocenters. The molecule has 5 heteroatoms. The van der Waals surface area contributed by atoms with Crippen LogP contribution in [0.2, 0.25) is 0 Å². The van der Waals surface area contributed by atoms with E-state index in [0.717, 1.165) is 24.2 Å². The van der Waals surface area contributed by atoms with E-state index >= 15 is 0 Å². The van der Waals surface area contributed by atoms with Gasteiger partial charge in [0.25, 0.3) is 0 Å². The molecule has 0 aliphatic heterocycles. The van der Waals surface area contributed by atoms with Gasteiger partial charge in [-0.05, 0) is 17.8 Å². The summed E-state index contributed by atoms with van der Waals surface area (Å²) < 4.78 is 10.4. The van der Waals surface area contributed by atoms with Crippen molar-refractivity contribution in [3.05, 3.63) is 0 Å². The zero-order valence-electron chi connectivity index (χ0n) is 8.11. The smallest absolute Gasteiger partial charge is 0.317 e. The lowest BCUT2D eigenvalue weighted by atomic mass is 10.1. The zero-order valence-corrected chi connectivity index (χ0v) is 9.82. The lowest BCUT2D eigenvalue weighted by molar-refractivity contribution is 0.397. The van der Waals surface area contributed by atoms with Crippen molar-refractivity contribution in [3.8, 4) is 0 Å². The summed E-state index contributed by atoms with van der Waals surface area (Å²) in [6.45, 7) is -1.64. The fourth-order valence-electron chi connectivity index (χ4n) is 1.07. The Labute approximate surface area is 84.2 Å². The van der Waals surface area contributed by atoms with E-state index in [-0.39, 0.29) is 0 Å². The quantitative estimate of drug-likeness (QED) is 0.493. The lowest BCUT2D eigenvalue weighted by Crippen LogP contribution is -1.82. The Balaban J connectivity index is 3.04.